The van der Waals surface area contributed by atoms with E-state index in [-0.39, 0.29) is 24.3 Å². The number of sulfone groups is 1. The summed E-state index contributed by atoms with van der Waals surface area (Å²) in [5, 5.41) is 3.26. The summed E-state index contributed by atoms with van der Waals surface area (Å²) in [6.07, 6.45) is 1.79. The Morgan fingerprint density at radius 1 is 1.45 bits per heavy atom. The maximum absolute atomic E-state index is 12.1. The van der Waals surface area contributed by atoms with Crippen LogP contribution < -0.4 is 5.32 Å². The summed E-state index contributed by atoms with van der Waals surface area (Å²) < 4.78 is 34.2. The van der Waals surface area contributed by atoms with Crippen molar-refractivity contribution in [1.82, 2.24) is 5.32 Å². The second kappa shape index (κ2) is 8.59. The molecule has 0 amide bonds. The monoisotopic (exact) mass is 307 g/mol. The van der Waals surface area contributed by atoms with Gasteiger partial charge in [-0.3, -0.25) is 4.79 Å². The Labute approximate surface area is 121 Å². The largest absolute Gasteiger partial charge is 0.465 e. The summed E-state index contributed by atoms with van der Waals surface area (Å²) in [6, 6.07) is -0.156. The lowest BCUT2D eigenvalue weighted by Crippen LogP contribution is -2.43. The third kappa shape index (κ3) is 6.19. The van der Waals surface area contributed by atoms with Gasteiger partial charge in [0, 0.05) is 18.6 Å². The lowest BCUT2D eigenvalue weighted by Gasteiger charge is -2.23. The first-order valence-electron chi connectivity index (χ1n) is 7.15. The van der Waals surface area contributed by atoms with Crippen LogP contribution in [0, 0.1) is 5.92 Å². The molecule has 20 heavy (non-hydrogen) atoms. The summed E-state index contributed by atoms with van der Waals surface area (Å²) >= 11 is 0. The number of carbonyl (C=O) groups excluding carboxylic acids is 1. The van der Waals surface area contributed by atoms with Gasteiger partial charge in [0.05, 0.1) is 19.0 Å². The Morgan fingerprint density at radius 3 is 2.75 bits per heavy atom. The van der Waals surface area contributed by atoms with Crippen LogP contribution in [0.1, 0.15) is 26.7 Å². The van der Waals surface area contributed by atoms with E-state index in [9.17, 15) is 13.2 Å². The number of rotatable bonds is 9. The highest BCUT2D eigenvalue weighted by molar-refractivity contribution is 7.92. The normalized spacial score (nSPS) is 20.8. The number of hydrogen-bond donors (Lipinski definition) is 1. The molecule has 7 heteroatoms. The Hall–Kier alpha value is -0.660. The van der Waals surface area contributed by atoms with Gasteiger partial charge in [0.1, 0.15) is 5.75 Å². The van der Waals surface area contributed by atoms with Crippen LogP contribution >= 0.6 is 0 Å². The molecule has 1 saturated heterocycles. The molecule has 1 aliphatic rings. The Morgan fingerprint density at radius 2 is 2.20 bits per heavy atom. The summed E-state index contributed by atoms with van der Waals surface area (Å²) in [5.41, 5.74) is 0. The van der Waals surface area contributed by atoms with Crippen LogP contribution in [-0.4, -0.2) is 58.3 Å². The van der Waals surface area contributed by atoms with Crippen LogP contribution in [0.25, 0.3) is 0 Å². The van der Waals surface area contributed by atoms with Gasteiger partial charge in [-0.1, -0.05) is 6.92 Å². The molecule has 1 aliphatic heterocycles. The predicted octanol–water partition coefficient (Wildman–Crippen LogP) is 0.369. The van der Waals surface area contributed by atoms with Crippen molar-refractivity contribution >= 4 is 15.8 Å². The zero-order valence-electron chi connectivity index (χ0n) is 12.3. The highest BCUT2D eigenvalue weighted by atomic mass is 32.2. The van der Waals surface area contributed by atoms with E-state index in [1.807, 2.05) is 6.92 Å². The number of hydrogen-bond acceptors (Lipinski definition) is 6. The van der Waals surface area contributed by atoms with Crippen molar-refractivity contribution in [3.63, 3.8) is 0 Å². The number of ether oxygens (including phenoxy) is 2. The lowest BCUT2D eigenvalue weighted by atomic mass is 10.0. The highest BCUT2D eigenvalue weighted by Gasteiger charge is 2.30. The van der Waals surface area contributed by atoms with Crippen LogP contribution in [-0.2, 0) is 24.1 Å². The first-order chi connectivity index (χ1) is 9.48. The van der Waals surface area contributed by atoms with E-state index < -0.39 is 21.6 Å². The first-order valence-corrected chi connectivity index (χ1v) is 8.97. The Bertz CT molecular complexity index is 390. The fourth-order valence-electron chi connectivity index (χ4n) is 2.28. The standard InChI is InChI=1S/C13H25NO5S/c1-3-6-14-12(11-5-7-18-8-11)9-20(16,17)10-13(15)19-4-2/h11-12,14H,3-10H2,1-2H3. The molecule has 0 spiro atoms. The topological polar surface area (TPSA) is 81.7 Å². The van der Waals surface area contributed by atoms with Crippen LogP contribution in [0.3, 0.4) is 0 Å². The molecule has 0 aromatic rings. The maximum Gasteiger partial charge on any atom is 0.321 e. The van der Waals surface area contributed by atoms with Gasteiger partial charge < -0.3 is 14.8 Å². The van der Waals surface area contributed by atoms with Crippen molar-refractivity contribution in [3.05, 3.63) is 0 Å². The Balaban J connectivity index is 2.59. The molecule has 0 aromatic carbocycles. The van der Waals surface area contributed by atoms with Crippen molar-refractivity contribution < 1.29 is 22.7 Å². The zero-order valence-corrected chi connectivity index (χ0v) is 13.1. The van der Waals surface area contributed by atoms with Crippen molar-refractivity contribution in [2.45, 2.75) is 32.7 Å². The first kappa shape index (κ1) is 17.4. The van der Waals surface area contributed by atoms with Crippen molar-refractivity contribution in [2.75, 3.05) is 37.9 Å². The van der Waals surface area contributed by atoms with E-state index in [1.54, 1.807) is 6.92 Å². The summed E-state index contributed by atoms with van der Waals surface area (Å²) in [6.45, 7) is 5.90. The number of carbonyl (C=O) groups is 1. The van der Waals surface area contributed by atoms with Crippen LogP contribution in [0.5, 0.6) is 0 Å². The minimum atomic E-state index is -3.46. The lowest BCUT2D eigenvalue weighted by molar-refractivity contribution is -0.139. The van der Waals surface area contributed by atoms with Crippen molar-refractivity contribution in [3.8, 4) is 0 Å². The molecule has 0 radical (unpaired) electrons. The molecule has 0 aliphatic carbocycles. The highest BCUT2D eigenvalue weighted by Crippen LogP contribution is 2.18. The average molecular weight is 307 g/mol. The Kier molecular flexibility index (Phi) is 7.47. The van der Waals surface area contributed by atoms with E-state index in [2.05, 4.69) is 5.32 Å². The molecular formula is C13H25NO5S. The minimum Gasteiger partial charge on any atom is -0.465 e. The van der Waals surface area contributed by atoms with Crippen molar-refractivity contribution in [1.29, 1.82) is 0 Å². The van der Waals surface area contributed by atoms with Gasteiger partial charge in [-0.2, -0.15) is 0 Å². The second-order valence-electron chi connectivity index (χ2n) is 5.04. The van der Waals surface area contributed by atoms with E-state index in [0.717, 1.165) is 19.4 Å². The minimum absolute atomic E-state index is 0.0418. The molecule has 0 saturated carbocycles. The maximum atomic E-state index is 12.1. The summed E-state index contributed by atoms with van der Waals surface area (Å²) in [5.74, 6) is -1.07. The van der Waals surface area contributed by atoms with E-state index in [4.69, 9.17) is 9.47 Å². The third-order valence-electron chi connectivity index (χ3n) is 3.27. The predicted molar refractivity (Wildman–Crippen MR) is 76.3 cm³/mol. The van der Waals surface area contributed by atoms with Crippen molar-refractivity contribution in [2.24, 2.45) is 5.92 Å². The third-order valence-corrected chi connectivity index (χ3v) is 4.81. The molecule has 1 N–H and O–H groups in total. The molecule has 0 aromatic heterocycles. The van der Waals surface area contributed by atoms with Gasteiger partial charge in [0.15, 0.2) is 9.84 Å². The van der Waals surface area contributed by atoms with Gasteiger partial charge in [0.2, 0.25) is 0 Å². The molecule has 1 fully saturated rings. The molecule has 2 unspecified atom stereocenters. The fourth-order valence-corrected chi connectivity index (χ4v) is 3.77. The second-order valence-corrected chi connectivity index (χ2v) is 7.15. The van der Waals surface area contributed by atoms with Crippen LogP contribution in [0.4, 0.5) is 0 Å². The van der Waals surface area contributed by atoms with Gasteiger partial charge in [-0.25, -0.2) is 8.42 Å². The van der Waals surface area contributed by atoms with E-state index >= 15 is 0 Å². The average Bonchev–Trinajstić information content (AvgIpc) is 2.87. The molecule has 1 heterocycles. The van der Waals surface area contributed by atoms with Gasteiger partial charge in [-0.05, 0) is 26.3 Å². The SMILES string of the molecule is CCCNC(CS(=O)(=O)CC(=O)OCC)C1CCOC1. The van der Waals surface area contributed by atoms with Gasteiger partial charge in [-0.15, -0.1) is 0 Å². The van der Waals surface area contributed by atoms with Gasteiger partial charge in [0.25, 0.3) is 0 Å². The molecule has 0 bridgehead atoms. The van der Waals surface area contributed by atoms with E-state index in [1.165, 1.54) is 0 Å². The summed E-state index contributed by atoms with van der Waals surface area (Å²) in [4.78, 5) is 11.3. The van der Waals surface area contributed by atoms with E-state index in [0.29, 0.717) is 13.2 Å². The summed E-state index contributed by atoms with van der Waals surface area (Å²) in [7, 11) is -3.46. The smallest absolute Gasteiger partial charge is 0.321 e. The molecular weight excluding hydrogens is 282 g/mol. The number of nitrogens with one attached hydrogen (secondary N) is 1. The van der Waals surface area contributed by atoms with Crippen LogP contribution in [0.2, 0.25) is 0 Å². The van der Waals surface area contributed by atoms with Gasteiger partial charge >= 0.3 is 5.97 Å². The zero-order chi connectivity index (χ0) is 15.0. The molecule has 2 atom stereocenters. The van der Waals surface area contributed by atoms with Crippen LogP contribution in [0.15, 0.2) is 0 Å². The molecule has 6 nitrogen and oxygen atoms in total. The molecule has 1 rings (SSSR count). The fraction of sp³-hybridized carbons (Fsp3) is 0.923. The quantitative estimate of drug-likeness (QED) is 0.620. The molecule has 118 valence electrons. The number of esters is 1.